The second-order valence-corrected chi connectivity index (χ2v) is 5.14. The van der Waals surface area contributed by atoms with E-state index < -0.39 is 0 Å². The number of imidazole rings is 1. The molecule has 2 rings (SSSR count). The molecule has 0 spiro atoms. The number of nitrogens with one attached hydrogen (secondary N) is 1. The van der Waals surface area contributed by atoms with Gasteiger partial charge >= 0.3 is 0 Å². The lowest BCUT2D eigenvalue weighted by Crippen LogP contribution is -2.00. The van der Waals surface area contributed by atoms with Crippen LogP contribution in [0, 0.1) is 28.4 Å². The number of rotatable bonds is 4. The third-order valence-electron chi connectivity index (χ3n) is 2.58. The molecule has 0 aliphatic heterocycles. The predicted molar refractivity (Wildman–Crippen MR) is 78.0 cm³/mol. The Morgan fingerprint density at radius 1 is 1.50 bits per heavy atom. The second kappa shape index (κ2) is 5.77. The maximum absolute atomic E-state index is 9.04. The minimum absolute atomic E-state index is 0.619. The zero-order chi connectivity index (χ0) is 13.0. The minimum atomic E-state index is 0.619. The van der Waals surface area contributed by atoms with Gasteiger partial charge in [-0.25, -0.2) is 0 Å². The molecule has 0 unspecified atom stereocenters. The van der Waals surface area contributed by atoms with Crippen LogP contribution >= 0.6 is 24.0 Å². The number of para-hydroxylation sites is 1. The van der Waals surface area contributed by atoms with Crippen LogP contribution in [0.1, 0.15) is 5.56 Å². The van der Waals surface area contributed by atoms with Crippen LogP contribution in [-0.2, 0) is 6.54 Å². The van der Waals surface area contributed by atoms with E-state index in [1.54, 1.807) is 17.8 Å². The molecular weight excluding hydrogens is 262 g/mol. The molecule has 5 heteroatoms. The number of thioether (sulfide) groups is 1. The van der Waals surface area contributed by atoms with E-state index in [2.05, 4.69) is 17.0 Å². The first kappa shape index (κ1) is 12.8. The number of benzene rings is 1. The first-order chi connectivity index (χ1) is 8.77. The fourth-order valence-electron chi connectivity index (χ4n) is 1.78. The van der Waals surface area contributed by atoms with Crippen LogP contribution in [0.2, 0.25) is 0 Å². The summed E-state index contributed by atoms with van der Waals surface area (Å²) < 4.78 is 2.66. The van der Waals surface area contributed by atoms with Crippen LogP contribution in [0.5, 0.6) is 0 Å². The van der Waals surface area contributed by atoms with E-state index in [0.717, 1.165) is 23.3 Å². The third kappa shape index (κ3) is 2.43. The van der Waals surface area contributed by atoms with Gasteiger partial charge in [-0.1, -0.05) is 12.0 Å². The Bertz CT molecular complexity index is 698. The van der Waals surface area contributed by atoms with Crippen LogP contribution in [0.15, 0.2) is 18.2 Å². The quantitative estimate of drug-likeness (QED) is 0.529. The van der Waals surface area contributed by atoms with Crippen LogP contribution < -0.4 is 0 Å². The Kier molecular flexibility index (Phi) is 4.09. The lowest BCUT2D eigenvalue weighted by Gasteiger charge is -2.03. The van der Waals surface area contributed by atoms with Crippen LogP contribution in [0.4, 0.5) is 0 Å². The molecule has 0 aliphatic carbocycles. The van der Waals surface area contributed by atoms with Crippen molar-refractivity contribution in [2.45, 2.75) is 6.54 Å². The Balaban J connectivity index is 2.34. The lowest BCUT2D eigenvalue weighted by molar-refractivity contribution is 0.784. The van der Waals surface area contributed by atoms with Gasteiger partial charge in [-0.2, -0.15) is 5.26 Å². The summed E-state index contributed by atoms with van der Waals surface area (Å²) in [5.74, 6) is 4.21. The summed E-state index contributed by atoms with van der Waals surface area (Å²) in [5, 5.41) is 9.04. The number of aryl methyl sites for hydroxylation is 1. The molecule has 18 heavy (non-hydrogen) atoms. The first-order valence-electron chi connectivity index (χ1n) is 5.40. The molecule has 0 amide bonds. The molecule has 1 heterocycles. The molecule has 0 bridgehead atoms. The normalized spacial score (nSPS) is 10.1. The summed E-state index contributed by atoms with van der Waals surface area (Å²) in [6.45, 7) is 0.792. The highest BCUT2D eigenvalue weighted by atomic mass is 32.2. The summed E-state index contributed by atoms with van der Waals surface area (Å²) >= 11 is 6.98. The van der Waals surface area contributed by atoms with E-state index in [9.17, 15) is 0 Å². The fraction of sp³-hybridized carbons (Fsp3) is 0.231. The second-order valence-electron chi connectivity index (χ2n) is 3.65. The van der Waals surface area contributed by atoms with Gasteiger partial charge in [0.05, 0.1) is 22.3 Å². The standard InChI is InChI=1S/C13H11N3S2/c1-2-7-18-8-6-16-11-5-3-4-10(9-14)12(11)15-13(16)17/h1,3-5H,6-8H2,(H,15,17). The number of aromatic amines is 1. The van der Waals surface area contributed by atoms with E-state index in [1.165, 1.54) is 0 Å². The largest absolute Gasteiger partial charge is 0.329 e. The van der Waals surface area contributed by atoms with Gasteiger partial charge in [0.25, 0.3) is 0 Å². The van der Waals surface area contributed by atoms with Gasteiger partial charge in [-0.3, -0.25) is 0 Å². The SMILES string of the molecule is C#CCSCCn1c(=S)[nH]c2c(C#N)cccc21. The van der Waals surface area contributed by atoms with Crippen molar-refractivity contribution in [1.82, 2.24) is 9.55 Å². The Morgan fingerprint density at radius 2 is 2.33 bits per heavy atom. The van der Waals surface area contributed by atoms with Crippen LogP contribution in [0.3, 0.4) is 0 Å². The topological polar surface area (TPSA) is 44.5 Å². The number of H-pyrrole nitrogens is 1. The summed E-state index contributed by atoms with van der Waals surface area (Å²) in [6.07, 6.45) is 5.21. The molecule has 0 saturated heterocycles. The number of aromatic nitrogens is 2. The average molecular weight is 273 g/mol. The maximum Gasteiger partial charge on any atom is 0.178 e. The highest BCUT2D eigenvalue weighted by Crippen LogP contribution is 2.18. The summed E-state index contributed by atoms with van der Waals surface area (Å²) in [7, 11) is 0. The molecule has 0 saturated carbocycles. The van der Waals surface area contributed by atoms with Crippen molar-refractivity contribution in [1.29, 1.82) is 5.26 Å². The molecule has 0 fully saturated rings. The molecule has 1 N–H and O–H groups in total. The highest BCUT2D eigenvalue weighted by molar-refractivity contribution is 7.99. The van der Waals surface area contributed by atoms with Gasteiger partial charge in [-0.15, -0.1) is 18.2 Å². The van der Waals surface area contributed by atoms with Crippen molar-refractivity contribution < 1.29 is 0 Å². The van der Waals surface area contributed by atoms with E-state index in [1.807, 2.05) is 16.7 Å². The predicted octanol–water partition coefficient (Wildman–Crippen LogP) is 2.94. The summed E-state index contributed by atoms with van der Waals surface area (Å²) in [4.78, 5) is 3.09. The fourth-order valence-corrected chi connectivity index (χ4v) is 2.65. The van der Waals surface area contributed by atoms with Crippen molar-refractivity contribution in [2.24, 2.45) is 0 Å². The zero-order valence-electron chi connectivity index (χ0n) is 9.64. The number of hydrogen-bond donors (Lipinski definition) is 1. The van der Waals surface area contributed by atoms with E-state index in [0.29, 0.717) is 16.1 Å². The van der Waals surface area contributed by atoms with Gasteiger partial charge in [0.15, 0.2) is 4.77 Å². The summed E-state index contributed by atoms with van der Waals surface area (Å²) in [6, 6.07) is 7.78. The van der Waals surface area contributed by atoms with Gasteiger partial charge in [0.1, 0.15) is 6.07 Å². The number of nitriles is 1. The number of fused-ring (bicyclic) bond motifs is 1. The number of nitrogens with zero attached hydrogens (tertiary/aromatic N) is 2. The smallest absolute Gasteiger partial charge is 0.178 e. The highest BCUT2D eigenvalue weighted by Gasteiger charge is 2.07. The zero-order valence-corrected chi connectivity index (χ0v) is 11.3. The molecule has 1 aromatic carbocycles. The van der Waals surface area contributed by atoms with Crippen molar-refractivity contribution in [3.05, 3.63) is 28.5 Å². The third-order valence-corrected chi connectivity index (χ3v) is 3.74. The van der Waals surface area contributed by atoms with Crippen molar-refractivity contribution in [3.63, 3.8) is 0 Å². The lowest BCUT2D eigenvalue weighted by atomic mass is 10.2. The number of hydrogen-bond acceptors (Lipinski definition) is 3. The molecule has 0 radical (unpaired) electrons. The van der Waals surface area contributed by atoms with Crippen LogP contribution in [0.25, 0.3) is 11.0 Å². The summed E-state index contributed by atoms with van der Waals surface area (Å²) in [5.41, 5.74) is 2.40. The maximum atomic E-state index is 9.04. The van der Waals surface area contributed by atoms with Gasteiger partial charge in [0, 0.05) is 12.3 Å². The first-order valence-corrected chi connectivity index (χ1v) is 6.97. The average Bonchev–Trinajstić information content (AvgIpc) is 2.70. The Hall–Kier alpha value is -1.69. The molecule has 1 aromatic heterocycles. The molecule has 90 valence electrons. The van der Waals surface area contributed by atoms with Crippen LogP contribution in [-0.4, -0.2) is 21.1 Å². The van der Waals surface area contributed by atoms with Gasteiger partial charge in [0.2, 0.25) is 0 Å². The Morgan fingerprint density at radius 3 is 3.06 bits per heavy atom. The van der Waals surface area contributed by atoms with Gasteiger partial charge in [-0.05, 0) is 24.4 Å². The van der Waals surface area contributed by atoms with E-state index in [-0.39, 0.29) is 0 Å². The molecule has 2 aromatic rings. The van der Waals surface area contributed by atoms with E-state index >= 15 is 0 Å². The molecule has 0 aliphatic rings. The molecule has 0 atom stereocenters. The monoisotopic (exact) mass is 273 g/mol. The van der Waals surface area contributed by atoms with Gasteiger partial charge < -0.3 is 9.55 Å². The minimum Gasteiger partial charge on any atom is -0.329 e. The van der Waals surface area contributed by atoms with Crippen molar-refractivity contribution >= 4 is 35.0 Å². The molecule has 3 nitrogen and oxygen atoms in total. The van der Waals surface area contributed by atoms with Crippen molar-refractivity contribution in [3.8, 4) is 18.4 Å². The number of terminal acetylenes is 1. The Labute approximate surface area is 115 Å². The van der Waals surface area contributed by atoms with Crippen molar-refractivity contribution in [2.75, 3.05) is 11.5 Å². The van der Waals surface area contributed by atoms with E-state index in [4.69, 9.17) is 23.9 Å². The molecular formula is C13H11N3S2.